The van der Waals surface area contributed by atoms with Crippen LogP contribution in [0, 0.1) is 13.8 Å². The highest BCUT2D eigenvalue weighted by atomic mass is 16.5. The van der Waals surface area contributed by atoms with Crippen LogP contribution in [0.25, 0.3) is 0 Å². The molecule has 0 heterocycles. The van der Waals surface area contributed by atoms with Crippen LogP contribution in [-0.2, 0) is 6.42 Å². The minimum absolute atomic E-state index is 0.0409. The highest BCUT2D eigenvalue weighted by Gasteiger charge is 2.23. The van der Waals surface area contributed by atoms with Gasteiger partial charge in [-0.25, -0.2) is 4.79 Å². The lowest BCUT2D eigenvalue weighted by Crippen LogP contribution is -2.07. The summed E-state index contributed by atoms with van der Waals surface area (Å²) in [5, 5.41) is 19.5. The number of phenols is 1. The van der Waals surface area contributed by atoms with Crippen molar-refractivity contribution in [2.45, 2.75) is 54.4 Å². The normalized spacial score (nSPS) is 10.8. The monoisotopic (exact) mass is 308 g/mol. The van der Waals surface area contributed by atoms with E-state index in [4.69, 9.17) is 4.74 Å². The van der Waals surface area contributed by atoms with E-state index in [1.165, 1.54) is 12.7 Å². The van der Waals surface area contributed by atoms with Crippen LogP contribution in [-0.4, -0.2) is 23.3 Å². The van der Waals surface area contributed by atoms with Crippen LogP contribution < -0.4 is 4.74 Å². The van der Waals surface area contributed by atoms with Crippen molar-refractivity contribution in [2.75, 3.05) is 7.11 Å². The highest BCUT2D eigenvalue weighted by molar-refractivity contribution is 5.94. The van der Waals surface area contributed by atoms with Crippen molar-refractivity contribution in [3.05, 3.63) is 33.9 Å². The summed E-state index contributed by atoms with van der Waals surface area (Å²) >= 11 is 0. The van der Waals surface area contributed by atoms with Crippen LogP contribution in [0.15, 0.2) is 11.6 Å². The van der Waals surface area contributed by atoms with Gasteiger partial charge in [-0.1, -0.05) is 32.4 Å². The predicted molar refractivity (Wildman–Crippen MR) is 90.2 cm³/mol. The maximum Gasteiger partial charge on any atom is 0.339 e. The Morgan fingerprint density at radius 2 is 1.77 bits per heavy atom. The highest BCUT2D eigenvalue weighted by Crippen LogP contribution is 2.38. The van der Waals surface area contributed by atoms with Crippen molar-refractivity contribution in [3.8, 4) is 11.5 Å². The molecule has 0 aliphatic carbocycles. The van der Waals surface area contributed by atoms with Crippen molar-refractivity contribution in [1.29, 1.82) is 0 Å². The number of aromatic carboxylic acids is 1. The minimum Gasteiger partial charge on any atom is -0.507 e. The van der Waals surface area contributed by atoms with Gasteiger partial charge in [-0.15, -0.1) is 0 Å². The zero-order valence-corrected chi connectivity index (χ0v) is 14.7. The van der Waals surface area contributed by atoms with Crippen LogP contribution in [0.2, 0.25) is 0 Å². The molecule has 0 radical (unpaired) electrons. The lowest BCUT2D eigenvalue weighted by Gasteiger charge is -2.17. The molecule has 0 saturated heterocycles. The summed E-state index contributed by atoms with van der Waals surface area (Å²) in [4.78, 5) is 11.3. The third kappa shape index (κ3) is 4.26. The number of carboxylic acids is 1. The molecule has 0 amide bonds. The molecule has 0 saturated carbocycles. The minimum atomic E-state index is -1.12. The van der Waals surface area contributed by atoms with Gasteiger partial charge >= 0.3 is 5.97 Å². The summed E-state index contributed by atoms with van der Waals surface area (Å²) in [5.74, 6) is -0.758. The predicted octanol–water partition coefficient (Wildman–Crippen LogP) is 4.64. The van der Waals surface area contributed by atoms with Crippen LogP contribution in [0.1, 0.15) is 61.2 Å². The van der Waals surface area contributed by atoms with E-state index < -0.39 is 5.97 Å². The molecule has 0 fully saturated rings. The summed E-state index contributed by atoms with van der Waals surface area (Å²) < 4.78 is 5.36. The number of rotatable bonds is 5. The molecule has 0 aromatic heterocycles. The van der Waals surface area contributed by atoms with E-state index in [2.05, 4.69) is 0 Å². The number of hydrogen-bond donors (Lipinski definition) is 2. The van der Waals surface area contributed by atoms with Gasteiger partial charge in [0.25, 0.3) is 0 Å². The van der Waals surface area contributed by atoms with Crippen LogP contribution in [0.5, 0.6) is 11.5 Å². The molecule has 0 spiro atoms. The van der Waals surface area contributed by atoms with Gasteiger partial charge in [-0.2, -0.15) is 0 Å². The van der Waals surface area contributed by atoms with E-state index in [0.717, 1.165) is 12.0 Å². The number of carboxylic acid groups (broad SMARTS) is 1. The fourth-order valence-electron chi connectivity index (χ4n) is 2.17. The second-order valence-corrected chi connectivity index (χ2v) is 4.90. The van der Waals surface area contributed by atoms with Gasteiger partial charge in [0.15, 0.2) is 0 Å². The lowest BCUT2D eigenvalue weighted by molar-refractivity contribution is 0.0692. The third-order valence-electron chi connectivity index (χ3n) is 3.71. The SMILES string of the molecule is CC.CC/C(C)=C/Cc1c(O)c(C(=O)O)c(C)c(C)c1OC. The average Bonchev–Trinajstić information content (AvgIpc) is 2.50. The van der Waals surface area contributed by atoms with Gasteiger partial charge < -0.3 is 14.9 Å². The molecule has 0 atom stereocenters. The first-order chi connectivity index (χ1) is 10.3. The molecule has 1 rings (SSSR count). The second kappa shape index (κ2) is 9.13. The first-order valence-electron chi connectivity index (χ1n) is 7.62. The van der Waals surface area contributed by atoms with E-state index in [-0.39, 0.29) is 11.3 Å². The third-order valence-corrected chi connectivity index (χ3v) is 3.71. The summed E-state index contributed by atoms with van der Waals surface area (Å²) in [6, 6.07) is 0. The molecule has 1 aromatic carbocycles. The van der Waals surface area contributed by atoms with E-state index >= 15 is 0 Å². The smallest absolute Gasteiger partial charge is 0.339 e. The Kier molecular flexibility index (Phi) is 8.31. The molecule has 0 aliphatic rings. The van der Waals surface area contributed by atoms with Crippen molar-refractivity contribution in [2.24, 2.45) is 0 Å². The van der Waals surface area contributed by atoms with E-state index in [9.17, 15) is 15.0 Å². The lowest BCUT2D eigenvalue weighted by atomic mass is 9.94. The Morgan fingerprint density at radius 1 is 1.23 bits per heavy atom. The summed E-state index contributed by atoms with van der Waals surface area (Å²) in [7, 11) is 1.53. The zero-order valence-electron chi connectivity index (χ0n) is 14.7. The Bertz CT molecular complexity index is 557. The second-order valence-electron chi connectivity index (χ2n) is 4.90. The quantitative estimate of drug-likeness (QED) is 0.778. The van der Waals surface area contributed by atoms with Crippen molar-refractivity contribution >= 4 is 5.97 Å². The molecule has 4 heteroatoms. The van der Waals surface area contributed by atoms with Crippen LogP contribution >= 0.6 is 0 Å². The van der Waals surface area contributed by atoms with E-state index in [0.29, 0.717) is 23.3 Å². The van der Waals surface area contributed by atoms with Gasteiger partial charge in [0, 0.05) is 5.56 Å². The van der Waals surface area contributed by atoms with E-state index in [1.54, 1.807) is 13.8 Å². The number of methoxy groups -OCH3 is 1. The Hall–Kier alpha value is -1.97. The van der Waals surface area contributed by atoms with Crippen LogP contribution in [0.4, 0.5) is 0 Å². The number of ether oxygens (including phenoxy) is 1. The molecular weight excluding hydrogens is 280 g/mol. The van der Waals surface area contributed by atoms with Crippen molar-refractivity contribution < 1.29 is 19.7 Å². The first kappa shape index (κ1) is 20.0. The van der Waals surface area contributed by atoms with E-state index in [1.807, 2.05) is 33.8 Å². The number of benzene rings is 1. The van der Waals surface area contributed by atoms with Gasteiger partial charge in [-0.3, -0.25) is 0 Å². The summed E-state index contributed by atoms with van der Waals surface area (Å²) in [6.07, 6.45) is 3.35. The molecule has 0 unspecified atom stereocenters. The van der Waals surface area contributed by atoms with Gasteiger partial charge in [0.05, 0.1) is 7.11 Å². The van der Waals surface area contributed by atoms with Gasteiger partial charge in [0.2, 0.25) is 0 Å². The molecule has 2 N–H and O–H groups in total. The maximum atomic E-state index is 11.3. The number of carbonyl (C=O) groups is 1. The number of aromatic hydroxyl groups is 1. The molecule has 22 heavy (non-hydrogen) atoms. The fourth-order valence-corrected chi connectivity index (χ4v) is 2.17. The molecule has 0 bridgehead atoms. The number of hydrogen-bond acceptors (Lipinski definition) is 3. The molecule has 4 nitrogen and oxygen atoms in total. The molecule has 124 valence electrons. The van der Waals surface area contributed by atoms with Crippen molar-refractivity contribution in [1.82, 2.24) is 0 Å². The zero-order chi connectivity index (χ0) is 17.4. The summed E-state index contributed by atoms with van der Waals surface area (Å²) in [6.45, 7) is 11.5. The number of allylic oxidation sites excluding steroid dienone is 2. The van der Waals surface area contributed by atoms with Gasteiger partial charge in [-0.05, 0) is 44.7 Å². The maximum absolute atomic E-state index is 11.3. The topological polar surface area (TPSA) is 66.8 Å². The van der Waals surface area contributed by atoms with Gasteiger partial charge in [0.1, 0.15) is 17.1 Å². The molecule has 1 aromatic rings. The fraction of sp³-hybridized carbons (Fsp3) is 0.500. The average molecular weight is 308 g/mol. The van der Waals surface area contributed by atoms with Crippen molar-refractivity contribution in [3.63, 3.8) is 0 Å². The first-order valence-corrected chi connectivity index (χ1v) is 7.62. The summed E-state index contributed by atoms with van der Waals surface area (Å²) in [5.41, 5.74) is 2.95. The largest absolute Gasteiger partial charge is 0.507 e. The molecular formula is C18H28O4. The molecule has 0 aliphatic heterocycles. The standard InChI is InChI=1S/C16H22O4.C2H6/c1-6-9(2)7-8-12-14(17)13(16(18)19)10(3)11(4)15(12)20-5;1-2/h7,17H,6,8H2,1-5H3,(H,18,19);1-2H3/b9-7+;. The Morgan fingerprint density at radius 3 is 2.18 bits per heavy atom. The Labute approximate surface area is 133 Å². The van der Waals surface area contributed by atoms with Crippen LogP contribution in [0.3, 0.4) is 0 Å². The Balaban J connectivity index is 0.00000211.